The predicted octanol–water partition coefficient (Wildman–Crippen LogP) is 4.27. The van der Waals surface area contributed by atoms with Gasteiger partial charge < -0.3 is 20.1 Å². The van der Waals surface area contributed by atoms with E-state index in [1.807, 2.05) is 6.92 Å². The van der Waals surface area contributed by atoms with Crippen LogP contribution in [0, 0.1) is 52.3 Å². The summed E-state index contributed by atoms with van der Waals surface area (Å²) in [4.78, 5) is 23.0. The average molecular weight is 465 g/mol. The monoisotopic (exact) mass is 464 g/mol. The van der Waals surface area contributed by atoms with Crippen LogP contribution >= 0.6 is 0 Å². The standard InChI is InChI=1S/C27H44O6/c1-6-17-20-12-16(33-15(3)28)9-10-26(20,4)24-21(29)13-27(5)18(14(2)11-22(30)31)7-8-19(27)23(24)25(17)32/h14,16-21,23-25,29,32H,6-13H2,1-5H3,(H,30,31)/t14-,16-,17-,18-,19+,20+,21+,23+,24+,25-,26+,27-/m1/s1. The Morgan fingerprint density at radius 2 is 1.79 bits per heavy atom. The van der Waals surface area contributed by atoms with Crippen LogP contribution in [0.1, 0.15) is 86.0 Å². The number of ether oxygens (including phenoxy) is 1. The van der Waals surface area contributed by atoms with Gasteiger partial charge in [0.15, 0.2) is 0 Å². The van der Waals surface area contributed by atoms with Gasteiger partial charge in [-0.05, 0) is 90.8 Å². The number of aliphatic hydroxyl groups is 2. The number of carbonyl (C=O) groups is 2. The average Bonchev–Trinajstić information content (AvgIpc) is 3.04. The number of fused-ring (bicyclic) bond motifs is 5. The van der Waals surface area contributed by atoms with E-state index in [2.05, 4.69) is 20.8 Å². The molecule has 6 heteroatoms. The fourth-order valence-electron chi connectivity index (χ4n) is 9.79. The zero-order chi connectivity index (χ0) is 24.3. The number of carbonyl (C=O) groups excluding carboxylic acids is 1. The Balaban J connectivity index is 1.67. The van der Waals surface area contributed by atoms with E-state index in [0.29, 0.717) is 12.3 Å². The van der Waals surface area contributed by atoms with Gasteiger partial charge in [-0.1, -0.05) is 34.1 Å². The molecule has 4 aliphatic rings. The molecule has 3 N–H and O–H groups in total. The second kappa shape index (κ2) is 8.82. The Hall–Kier alpha value is -1.14. The molecule has 4 saturated carbocycles. The highest BCUT2D eigenvalue weighted by Gasteiger charge is 2.67. The molecule has 0 aromatic heterocycles. The molecule has 12 atom stereocenters. The van der Waals surface area contributed by atoms with Crippen molar-refractivity contribution in [1.29, 1.82) is 0 Å². The van der Waals surface area contributed by atoms with Crippen LogP contribution in [0.3, 0.4) is 0 Å². The number of hydrogen-bond donors (Lipinski definition) is 3. The zero-order valence-corrected chi connectivity index (χ0v) is 21.0. The van der Waals surface area contributed by atoms with Gasteiger partial charge in [0, 0.05) is 13.3 Å². The summed E-state index contributed by atoms with van der Waals surface area (Å²) >= 11 is 0. The highest BCUT2D eigenvalue weighted by Crippen LogP contribution is 2.69. The summed E-state index contributed by atoms with van der Waals surface area (Å²) in [5.41, 5.74) is -0.237. The molecule has 0 saturated heterocycles. The normalized spacial score (nSPS) is 50.0. The third-order valence-corrected chi connectivity index (χ3v) is 10.9. The fourth-order valence-corrected chi connectivity index (χ4v) is 9.79. The topological polar surface area (TPSA) is 104 Å². The van der Waals surface area contributed by atoms with Crippen molar-refractivity contribution in [2.24, 2.45) is 52.3 Å². The summed E-state index contributed by atoms with van der Waals surface area (Å²) in [6.45, 7) is 10.2. The van der Waals surface area contributed by atoms with Gasteiger partial charge in [-0.25, -0.2) is 0 Å². The van der Waals surface area contributed by atoms with Crippen molar-refractivity contribution in [3.8, 4) is 0 Å². The van der Waals surface area contributed by atoms with Gasteiger partial charge >= 0.3 is 11.9 Å². The molecular formula is C27H44O6. The van der Waals surface area contributed by atoms with Crippen molar-refractivity contribution >= 4 is 11.9 Å². The lowest BCUT2D eigenvalue weighted by Gasteiger charge is -2.66. The number of carboxylic acid groups (broad SMARTS) is 1. The highest BCUT2D eigenvalue weighted by atomic mass is 16.5. The van der Waals surface area contributed by atoms with Crippen molar-refractivity contribution in [2.75, 3.05) is 0 Å². The molecule has 0 aromatic rings. The summed E-state index contributed by atoms with van der Waals surface area (Å²) in [5, 5.41) is 32.9. The van der Waals surface area contributed by atoms with E-state index in [0.717, 1.165) is 38.5 Å². The molecule has 0 spiro atoms. The van der Waals surface area contributed by atoms with E-state index < -0.39 is 18.2 Å². The molecule has 0 amide bonds. The van der Waals surface area contributed by atoms with E-state index in [1.54, 1.807) is 0 Å². The molecule has 4 fully saturated rings. The van der Waals surface area contributed by atoms with E-state index in [-0.39, 0.29) is 64.8 Å². The second-order valence-electron chi connectivity index (χ2n) is 12.4. The number of aliphatic hydroxyl groups excluding tert-OH is 2. The number of hydrogen-bond acceptors (Lipinski definition) is 5. The summed E-state index contributed by atoms with van der Waals surface area (Å²) in [5.74, 6) is 0.0404. The summed E-state index contributed by atoms with van der Waals surface area (Å²) in [6, 6.07) is 0. The van der Waals surface area contributed by atoms with E-state index in [1.165, 1.54) is 6.92 Å². The first-order valence-electron chi connectivity index (χ1n) is 13.2. The fraction of sp³-hybridized carbons (Fsp3) is 0.926. The molecule has 4 rings (SSSR count). The molecule has 6 nitrogen and oxygen atoms in total. The smallest absolute Gasteiger partial charge is 0.303 e. The summed E-state index contributed by atoms with van der Waals surface area (Å²) in [7, 11) is 0. The van der Waals surface area contributed by atoms with E-state index >= 15 is 0 Å². The first-order valence-corrected chi connectivity index (χ1v) is 13.2. The maximum absolute atomic E-state index is 11.8. The number of carboxylic acids is 1. The quantitative estimate of drug-likeness (QED) is 0.525. The van der Waals surface area contributed by atoms with Crippen molar-refractivity contribution < 1.29 is 29.6 Å². The molecule has 33 heavy (non-hydrogen) atoms. The van der Waals surface area contributed by atoms with Gasteiger partial charge in [0.2, 0.25) is 0 Å². The molecule has 188 valence electrons. The van der Waals surface area contributed by atoms with Crippen LogP contribution in [-0.4, -0.2) is 45.6 Å². The predicted molar refractivity (Wildman–Crippen MR) is 124 cm³/mol. The van der Waals surface area contributed by atoms with E-state index in [9.17, 15) is 24.9 Å². The van der Waals surface area contributed by atoms with Crippen molar-refractivity contribution in [3.63, 3.8) is 0 Å². The number of esters is 1. The minimum absolute atomic E-state index is 0.0326. The van der Waals surface area contributed by atoms with Crippen molar-refractivity contribution in [2.45, 2.75) is 104 Å². The van der Waals surface area contributed by atoms with Crippen LogP contribution in [-0.2, 0) is 14.3 Å². The lowest BCUT2D eigenvalue weighted by atomic mass is 9.40. The number of aliphatic carboxylic acids is 1. The Morgan fingerprint density at radius 3 is 2.39 bits per heavy atom. The third kappa shape index (κ3) is 3.93. The largest absolute Gasteiger partial charge is 0.481 e. The molecule has 0 bridgehead atoms. The first-order chi connectivity index (χ1) is 15.4. The van der Waals surface area contributed by atoms with Crippen LogP contribution < -0.4 is 0 Å². The Morgan fingerprint density at radius 1 is 1.09 bits per heavy atom. The van der Waals surface area contributed by atoms with Crippen LogP contribution in [0.15, 0.2) is 0 Å². The van der Waals surface area contributed by atoms with Gasteiger partial charge in [0.05, 0.1) is 12.2 Å². The SMILES string of the molecule is CC[C@H]1[C@@H](O)[C@@H]2[C@H]([C@@H](O)C[C@]3(C)[C@@H]([C@H](C)CC(=O)O)CC[C@@H]23)[C@@]2(C)CC[C@@H](OC(C)=O)C[C@@H]12. The van der Waals surface area contributed by atoms with Crippen LogP contribution in [0.4, 0.5) is 0 Å². The Bertz CT molecular complexity index is 768. The Labute approximate surface area is 198 Å². The van der Waals surface area contributed by atoms with Gasteiger partial charge in [-0.2, -0.15) is 0 Å². The first kappa shape index (κ1) is 25.0. The zero-order valence-electron chi connectivity index (χ0n) is 21.0. The maximum Gasteiger partial charge on any atom is 0.303 e. The number of rotatable bonds is 5. The maximum atomic E-state index is 11.8. The molecule has 4 aliphatic carbocycles. The van der Waals surface area contributed by atoms with Crippen LogP contribution in [0.25, 0.3) is 0 Å². The highest BCUT2D eigenvalue weighted by molar-refractivity contribution is 5.67. The molecule has 0 radical (unpaired) electrons. The third-order valence-electron chi connectivity index (χ3n) is 10.9. The van der Waals surface area contributed by atoms with Gasteiger partial charge in [-0.15, -0.1) is 0 Å². The molecule has 0 unspecified atom stereocenters. The molecular weight excluding hydrogens is 420 g/mol. The lowest BCUT2D eigenvalue weighted by Crippen LogP contribution is -2.66. The Kier molecular flexibility index (Phi) is 6.67. The van der Waals surface area contributed by atoms with Gasteiger partial charge in [0.25, 0.3) is 0 Å². The van der Waals surface area contributed by atoms with Crippen molar-refractivity contribution in [1.82, 2.24) is 0 Å². The minimum Gasteiger partial charge on any atom is -0.481 e. The van der Waals surface area contributed by atoms with E-state index in [4.69, 9.17) is 4.74 Å². The van der Waals surface area contributed by atoms with Crippen molar-refractivity contribution in [3.05, 3.63) is 0 Å². The molecule has 0 heterocycles. The van der Waals surface area contributed by atoms with Crippen LogP contribution in [0.5, 0.6) is 0 Å². The summed E-state index contributed by atoms with van der Waals surface area (Å²) in [6.07, 6.45) is 5.10. The van der Waals surface area contributed by atoms with Crippen LogP contribution in [0.2, 0.25) is 0 Å². The minimum atomic E-state index is -0.757. The molecule has 0 aromatic carbocycles. The van der Waals surface area contributed by atoms with Gasteiger partial charge in [-0.3, -0.25) is 9.59 Å². The van der Waals surface area contributed by atoms with Gasteiger partial charge in [0.1, 0.15) is 6.10 Å². The molecule has 0 aliphatic heterocycles. The second-order valence-corrected chi connectivity index (χ2v) is 12.4. The summed E-state index contributed by atoms with van der Waals surface area (Å²) < 4.78 is 5.60. The lowest BCUT2D eigenvalue weighted by molar-refractivity contribution is -0.237.